The standard InChI is InChI=1S/C27H27N7O4/c1-32-23-24(37-2)22(38-21-13-29-34-10-4-3-5-19(21)34)12-28-25(23)31-27(32)30-17-11-16(15-6-7-15)14-33(26(17)36)18-8-9-20(18)35/h3-5,10-15,18,20,35H,6-9H2,1-2H3,(H,28,30,31)/t18-,20-/m1/s1. The zero-order chi connectivity index (χ0) is 26.0. The van der Waals surface area contributed by atoms with Gasteiger partial charge in [0.05, 0.1) is 31.6 Å². The highest BCUT2D eigenvalue weighted by atomic mass is 16.5. The molecule has 0 radical (unpaired) electrons. The fraction of sp³-hybridized carbons (Fsp3) is 0.333. The van der Waals surface area contributed by atoms with Gasteiger partial charge in [0, 0.05) is 19.4 Å². The average molecular weight is 514 g/mol. The summed E-state index contributed by atoms with van der Waals surface area (Å²) in [4.78, 5) is 22.6. The van der Waals surface area contributed by atoms with Gasteiger partial charge < -0.3 is 29.0 Å². The quantitative estimate of drug-likeness (QED) is 0.336. The van der Waals surface area contributed by atoms with E-state index in [0.29, 0.717) is 52.4 Å². The van der Waals surface area contributed by atoms with Crippen LogP contribution in [0.3, 0.4) is 0 Å². The lowest BCUT2D eigenvalue weighted by molar-refractivity contribution is 0.0299. The Balaban J connectivity index is 1.28. The maximum atomic E-state index is 13.4. The zero-order valence-electron chi connectivity index (χ0n) is 21.0. The molecule has 5 aromatic rings. The van der Waals surface area contributed by atoms with Crippen LogP contribution in [0, 0.1) is 0 Å². The molecule has 2 saturated carbocycles. The highest BCUT2D eigenvalue weighted by Gasteiger charge is 2.33. The largest absolute Gasteiger partial charge is 0.491 e. The Morgan fingerprint density at radius 3 is 2.74 bits per heavy atom. The van der Waals surface area contributed by atoms with Crippen molar-refractivity contribution in [1.82, 2.24) is 28.7 Å². The number of hydrogen-bond donors (Lipinski definition) is 2. The maximum Gasteiger partial charge on any atom is 0.274 e. The summed E-state index contributed by atoms with van der Waals surface area (Å²) in [6.07, 6.45) is 10.2. The molecule has 11 nitrogen and oxygen atoms in total. The summed E-state index contributed by atoms with van der Waals surface area (Å²) in [6.45, 7) is 0. The predicted molar refractivity (Wildman–Crippen MR) is 141 cm³/mol. The van der Waals surface area contributed by atoms with Crippen molar-refractivity contribution in [3.63, 3.8) is 0 Å². The second-order valence-electron chi connectivity index (χ2n) is 9.97. The number of nitrogens with zero attached hydrogens (tertiary/aromatic N) is 6. The van der Waals surface area contributed by atoms with Gasteiger partial charge in [0.2, 0.25) is 5.95 Å². The fourth-order valence-corrected chi connectivity index (χ4v) is 5.12. The summed E-state index contributed by atoms with van der Waals surface area (Å²) in [7, 11) is 3.40. The van der Waals surface area contributed by atoms with Crippen LogP contribution >= 0.6 is 0 Å². The van der Waals surface area contributed by atoms with Crippen molar-refractivity contribution in [2.24, 2.45) is 7.05 Å². The van der Waals surface area contributed by atoms with E-state index in [-0.39, 0.29) is 11.6 Å². The van der Waals surface area contributed by atoms with Gasteiger partial charge in [0.15, 0.2) is 22.9 Å². The topological polar surface area (TPSA) is 121 Å². The van der Waals surface area contributed by atoms with E-state index in [1.165, 1.54) is 0 Å². The number of methoxy groups -OCH3 is 1. The van der Waals surface area contributed by atoms with Crippen molar-refractivity contribution in [3.05, 3.63) is 65.0 Å². The second-order valence-corrected chi connectivity index (χ2v) is 9.97. The number of fused-ring (bicyclic) bond motifs is 2. The van der Waals surface area contributed by atoms with E-state index in [1.807, 2.05) is 43.7 Å². The number of aliphatic hydroxyl groups excluding tert-OH is 1. The van der Waals surface area contributed by atoms with E-state index in [9.17, 15) is 9.90 Å². The highest BCUT2D eigenvalue weighted by molar-refractivity contribution is 5.85. The molecule has 0 aliphatic heterocycles. The first-order valence-electron chi connectivity index (χ1n) is 12.7. The van der Waals surface area contributed by atoms with Crippen LogP contribution in [0.4, 0.5) is 11.6 Å². The number of imidazole rings is 1. The minimum absolute atomic E-state index is 0.178. The van der Waals surface area contributed by atoms with E-state index in [2.05, 4.69) is 20.4 Å². The summed E-state index contributed by atoms with van der Waals surface area (Å²) in [5.74, 6) is 2.35. The van der Waals surface area contributed by atoms with Crippen molar-refractivity contribution >= 4 is 28.3 Å². The van der Waals surface area contributed by atoms with Crippen LogP contribution in [0.25, 0.3) is 16.7 Å². The van der Waals surface area contributed by atoms with Gasteiger partial charge >= 0.3 is 0 Å². The summed E-state index contributed by atoms with van der Waals surface area (Å²) >= 11 is 0. The van der Waals surface area contributed by atoms with E-state index < -0.39 is 6.10 Å². The van der Waals surface area contributed by atoms with Crippen molar-refractivity contribution in [2.75, 3.05) is 12.4 Å². The van der Waals surface area contributed by atoms with Gasteiger partial charge in [-0.15, -0.1) is 0 Å². The number of rotatable bonds is 7. The second kappa shape index (κ2) is 8.59. The molecule has 2 aliphatic rings. The zero-order valence-corrected chi connectivity index (χ0v) is 21.0. The number of ether oxygens (including phenoxy) is 2. The average Bonchev–Trinajstić information content (AvgIpc) is 3.63. The Morgan fingerprint density at radius 1 is 1.13 bits per heavy atom. The molecule has 5 heterocycles. The van der Waals surface area contributed by atoms with E-state index in [0.717, 1.165) is 30.3 Å². The van der Waals surface area contributed by atoms with E-state index in [1.54, 1.807) is 33.2 Å². The summed E-state index contributed by atoms with van der Waals surface area (Å²) in [5.41, 5.74) is 3.23. The van der Waals surface area contributed by atoms with Crippen LogP contribution in [-0.2, 0) is 7.05 Å². The number of nitrogens with one attached hydrogen (secondary N) is 1. The lowest BCUT2D eigenvalue weighted by Gasteiger charge is -2.34. The number of hydrogen-bond acceptors (Lipinski definition) is 8. The molecule has 5 aromatic heterocycles. The number of pyridine rings is 3. The van der Waals surface area contributed by atoms with Crippen molar-refractivity contribution in [1.29, 1.82) is 0 Å². The first-order chi connectivity index (χ1) is 18.5. The SMILES string of the molecule is COc1c(Oc2cnn3ccccc23)cnc2nc(Nc3cc(C4CC4)cn([C@@H]4CC[C@H]4O)c3=O)n(C)c12. The Morgan fingerprint density at radius 2 is 2.00 bits per heavy atom. The van der Waals surface area contributed by atoms with Gasteiger partial charge in [0.1, 0.15) is 16.7 Å². The Bertz CT molecular complexity index is 1750. The van der Waals surface area contributed by atoms with Crippen LogP contribution in [0.5, 0.6) is 17.2 Å². The molecule has 0 aromatic carbocycles. The van der Waals surface area contributed by atoms with Gasteiger partial charge in [-0.25, -0.2) is 9.50 Å². The van der Waals surface area contributed by atoms with Gasteiger partial charge in [-0.2, -0.15) is 10.1 Å². The Kier molecular flexibility index (Phi) is 5.15. The van der Waals surface area contributed by atoms with E-state index in [4.69, 9.17) is 9.47 Å². The third-order valence-corrected chi connectivity index (χ3v) is 7.55. The van der Waals surface area contributed by atoms with Crippen LogP contribution in [-0.4, -0.2) is 47.0 Å². The first-order valence-corrected chi connectivity index (χ1v) is 12.7. The van der Waals surface area contributed by atoms with Crippen LogP contribution in [0.2, 0.25) is 0 Å². The van der Waals surface area contributed by atoms with Gasteiger partial charge in [-0.05, 0) is 55.4 Å². The summed E-state index contributed by atoms with van der Waals surface area (Å²) in [5, 5.41) is 17.8. The molecule has 11 heteroatoms. The number of anilines is 2. The minimum atomic E-state index is -0.495. The van der Waals surface area contributed by atoms with Crippen molar-refractivity contribution in [2.45, 2.75) is 43.7 Å². The normalized spacial score (nSPS) is 19.0. The maximum absolute atomic E-state index is 13.4. The van der Waals surface area contributed by atoms with Crippen LogP contribution < -0.4 is 20.3 Å². The molecule has 2 fully saturated rings. The lowest BCUT2D eigenvalue weighted by atomic mass is 9.88. The molecule has 2 N–H and O–H groups in total. The molecule has 7 rings (SSSR count). The third kappa shape index (κ3) is 3.61. The molecule has 2 atom stereocenters. The molecule has 0 spiro atoms. The molecule has 194 valence electrons. The third-order valence-electron chi connectivity index (χ3n) is 7.55. The van der Waals surface area contributed by atoms with Crippen LogP contribution in [0.15, 0.2) is 53.8 Å². The number of aromatic nitrogens is 6. The predicted octanol–water partition coefficient (Wildman–Crippen LogP) is 3.90. The fourth-order valence-electron chi connectivity index (χ4n) is 5.12. The highest BCUT2D eigenvalue weighted by Crippen LogP contribution is 2.42. The summed E-state index contributed by atoms with van der Waals surface area (Å²) < 4.78 is 17.1. The molecular formula is C27H27N7O4. The Labute approximate surface area is 217 Å². The van der Waals surface area contributed by atoms with Crippen LogP contribution in [0.1, 0.15) is 43.2 Å². The monoisotopic (exact) mass is 513 g/mol. The molecule has 2 aliphatic carbocycles. The first kappa shape index (κ1) is 22.8. The van der Waals surface area contributed by atoms with E-state index >= 15 is 0 Å². The van der Waals surface area contributed by atoms with Crippen molar-refractivity contribution in [3.8, 4) is 17.2 Å². The van der Waals surface area contributed by atoms with Gasteiger partial charge in [-0.3, -0.25) is 4.79 Å². The minimum Gasteiger partial charge on any atom is -0.491 e. The molecule has 0 amide bonds. The van der Waals surface area contributed by atoms with Gasteiger partial charge in [-0.1, -0.05) is 6.07 Å². The Hall–Kier alpha value is -4.38. The molecule has 0 saturated heterocycles. The number of aliphatic hydroxyl groups is 1. The summed E-state index contributed by atoms with van der Waals surface area (Å²) in [6, 6.07) is 7.44. The molecule has 0 unspecified atom stereocenters. The molecule has 38 heavy (non-hydrogen) atoms. The van der Waals surface area contributed by atoms with Gasteiger partial charge in [0.25, 0.3) is 5.56 Å². The van der Waals surface area contributed by atoms with Crippen molar-refractivity contribution < 1.29 is 14.6 Å². The number of aryl methyl sites for hydroxylation is 1. The molecular weight excluding hydrogens is 486 g/mol. The smallest absolute Gasteiger partial charge is 0.274 e. The lowest BCUT2D eigenvalue weighted by Crippen LogP contribution is -2.39. The molecule has 0 bridgehead atoms.